The molecule has 2 aromatic rings. The van der Waals surface area contributed by atoms with Crippen molar-refractivity contribution in [3.05, 3.63) is 68.4 Å². The van der Waals surface area contributed by atoms with Crippen LogP contribution in [0.25, 0.3) is 0 Å². The summed E-state index contributed by atoms with van der Waals surface area (Å²) in [7, 11) is 0. The molecule has 0 unspecified atom stereocenters. The summed E-state index contributed by atoms with van der Waals surface area (Å²) >= 11 is 18.8. The molecule has 0 radical (unpaired) electrons. The second-order valence-corrected chi connectivity index (χ2v) is 9.23. The van der Waals surface area contributed by atoms with E-state index < -0.39 is 17.8 Å². The standard InChI is InChI=1S/C24H26Cl3FN2O2/c1-2-22(24(32)29-15-7-3-4-8-15)30(14-17-19(26)9-5-10-20(17)27)23(31)13-16-18(25)11-6-12-21(16)28/h5-6,9-12,15,22H,2-4,7-8,13-14H2,1H3,(H,29,32)/t22-/m1/s1. The van der Waals surface area contributed by atoms with Crippen LogP contribution in [0.2, 0.25) is 15.1 Å². The maximum absolute atomic E-state index is 14.4. The van der Waals surface area contributed by atoms with Gasteiger partial charge in [0, 0.05) is 38.8 Å². The van der Waals surface area contributed by atoms with Crippen molar-refractivity contribution in [1.29, 1.82) is 0 Å². The van der Waals surface area contributed by atoms with Gasteiger partial charge in [-0.25, -0.2) is 4.39 Å². The van der Waals surface area contributed by atoms with E-state index in [4.69, 9.17) is 34.8 Å². The Balaban J connectivity index is 1.91. The highest BCUT2D eigenvalue weighted by atomic mass is 35.5. The van der Waals surface area contributed by atoms with Crippen LogP contribution < -0.4 is 5.32 Å². The van der Waals surface area contributed by atoms with Crippen LogP contribution in [0.3, 0.4) is 0 Å². The van der Waals surface area contributed by atoms with Crippen molar-refractivity contribution in [3.8, 4) is 0 Å². The molecule has 1 atom stereocenters. The summed E-state index contributed by atoms with van der Waals surface area (Å²) in [4.78, 5) is 28.0. The zero-order chi connectivity index (χ0) is 23.3. The highest BCUT2D eigenvalue weighted by molar-refractivity contribution is 6.36. The second kappa shape index (κ2) is 11.4. The molecule has 0 aliphatic heterocycles. The first-order valence-corrected chi connectivity index (χ1v) is 11.9. The Kier molecular flexibility index (Phi) is 8.80. The fourth-order valence-corrected chi connectivity index (χ4v) is 4.84. The predicted molar refractivity (Wildman–Crippen MR) is 127 cm³/mol. The molecule has 2 amide bonds. The van der Waals surface area contributed by atoms with E-state index in [-0.39, 0.29) is 35.5 Å². The number of rotatable bonds is 8. The Morgan fingerprint density at radius 3 is 2.16 bits per heavy atom. The maximum Gasteiger partial charge on any atom is 0.243 e. The molecule has 1 fully saturated rings. The number of nitrogens with one attached hydrogen (secondary N) is 1. The number of benzene rings is 2. The lowest BCUT2D eigenvalue weighted by atomic mass is 10.1. The molecule has 1 aliphatic rings. The van der Waals surface area contributed by atoms with E-state index in [1.54, 1.807) is 18.2 Å². The molecule has 0 heterocycles. The van der Waals surface area contributed by atoms with Crippen molar-refractivity contribution in [3.63, 3.8) is 0 Å². The Morgan fingerprint density at radius 2 is 1.59 bits per heavy atom. The third kappa shape index (κ3) is 5.94. The van der Waals surface area contributed by atoms with Gasteiger partial charge in [-0.05, 0) is 43.5 Å². The summed E-state index contributed by atoms with van der Waals surface area (Å²) in [6.07, 6.45) is 4.11. The molecular weight excluding hydrogens is 474 g/mol. The fraction of sp³-hybridized carbons (Fsp3) is 0.417. The van der Waals surface area contributed by atoms with Gasteiger partial charge in [0.1, 0.15) is 11.9 Å². The first-order valence-electron chi connectivity index (χ1n) is 10.8. The van der Waals surface area contributed by atoms with Crippen molar-refractivity contribution >= 4 is 46.6 Å². The third-order valence-corrected chi connectivity index (χ3v) is 6.93. The number of halogens is 4. The quantitative estimate of drug-likeness (QED) is 0.470. The third-order valence-electron chi connectivity index (χ3n) is 5.87. The number of carbonyl (C=O) groups excluding carboxylic acids is 2. The Hall–Kier alpha value is -1.82. The average molecular weight is 500 g/mol. The normalized spacial score (nSPS) is 14.9. The van der Waals surface area contributed by atoms with Gasteiger partial charge in [0.05, 0.1) is 6.42 Å². The van der Waals surface area contributed by atoms with E-state index in [0.717, 1.165) is 25.7 Å². The summed E-state index contributed by atoms with van der Waals surface area (Å²) in [5.74, 6) is -1.22. The zero-order valence-electron chi connectivity index (χ0n) is 17.8. The molecule has 0 saturated heterocycles. The van der Waals surface area contributed by atoms with E-state index >= 15 is 0 Å². The summed E-state index contributed by atoms with van der Waals surface area (Å²) in [5.41, 5.74) is 0.636. The highest BCUT2D eigenvalue weighted by Crippen LogP contribution is 2.28. The minimum Gasteiger partial charge on any atom is -0.352 e. The van der Waals surface area contributed by atoms with Gasteiger partial charge in [-0.3, -0.25) is 9.59 Å². The largest absolute Gasteiger partial charge is 0.352 e. The van der Waals surface area contributed by atoms with Crippen LogP contribution in [0.1, 0.15) is 50.2 Å². The van der Waals surface area contributed by atoms with Crippen LogP contribution in [0, 0.1) is 5.82 Å². The fourth-order valence-electron chi connectivity index (χ4n) is 4.09. The second-order valence-electron chi connectivity index (χ2n) is 8.01. The first-order chi connectivity index (χ1) is 15.3. The Labute approximate surface area is 203 Å². The van der Waals surface area contributed by atoms with Crippen LogP contribution in [-0.4, -0.2) is 28.8 Å². The van der Waals surface area contributed by atoms with Gasteiger partial charge >= 0.3 is 0 Å². The van der Waals surface area contributed by atoms with Crippen molar-refractivity contribution in [2.24, 2.45) is 0 Å². The van der Waals surface area contributed by atoms with Crippen molar-refractivity contribution in [2.45, 2.75) is 64.1 Å². The molecule has 2 aromatic carbocycles. The SMILES string of the molecule is CC[C@H](C(=O)NC1CCCC1)N(Cc1c(Cl)cccc1Cl)C(=O)Cc1c(F)cccc1Cl. The monoisotopic (exact) mass is 498 g/mol. The van der Waals surface area contributed by atoms with Crippen LogP contribution in [-0.2, 0) is 22.6 Å². The van der Waals surface area contributed by atoms with Crippen LogP contribution in [0.5, 0.6) is 0 Å². The summed E-state index contributed by atoms with van der Waals surface area (Å²) in [5, 5.41) is 4.02. The van der Waals surface area contributed by atoms with Gasteiger partial charge in [0.25, 0.3) is 0 Å². The molecule has 0 spiro atoms. The lowest BCUT2D eigenvalue weighted by Crippen LogP contribution is -2.51. The summed E-state index contributed by atoms with van der Waals surface area (Å²) in [6.45, 7) is 1.86. The van der Waals surface area contributed by atoms with Gasteiger partial charge < -0.3 is 10.2 Å². The van der Waals surface area contributed by atoms with Gasteiger partial charge in [0.15, 0.2) is 0 Å². The zero-order valence-corrected chi connectivity index (χ0v) is 20.1. The van der Waals surface area contributed by atoms with E-state index in [9.17, 15) is 14.0 Å². The van der Waals surface area contributed by atoms with E-state index in [1.807, 2.05) is 6.92 Å². The molecule has 8 heteroatoms. The summed E-state index contributed by atoms with van der Waals surface area (Å²) < 4.78 is 14.4. The number of hydrogen-bond acceptors (Lipinski definition) is 2. The van der Waals surface area contributed by atoms with Gasteiger partial charge in [-0.15, -0.1) is 0 Å². The molecule has 3 rings (SSSR count). The lowest BCUT2D eigenvalue weighted by molar-refractivity contribution is -0.141. The maximum atomic E-state index is 14.4. The molecule has 4 nitrogen and oxygen atoms in total. The van der Waals surface area contributed by atoms with E-state index in [2.05, 4.69) is 5.32 Å². The minimum absolute atomic E-state index is 0.0278. The van der Waals surface area contributed by atoms with Crippen LogP contribution >= 0.6 is 34.8 Å². The topological polar surface area (TPSA) is 49.4 Å². The number of nitrogens with zero attached hydrogens (tertiary/aromatic N) is 1. The summed E-state index contributed by atoms with van der Waals surface area (Å²) in [6, 6.07) is 8.71. The Bertz CT molecular complexity index is 939. The molecule has 0 aromatic heterocycles. The lowest BCUT2D eigenvalue weighted by Gasteiger charge is -2.32. The smallest absolute Gasteiger partial charge is 0.243 e. The average Bonchev–Trinajstić information content (AvgIpc) is 3.25. The highest BCUT2D eigenvalue weighted by Gasteiger charge is 2.32. The van der Waals surface area contributed by atoms with Crippen LogP contribution in [0.4, 0.5) is 4.39 Å². The molecule has 1 N–H and O–H groups in total. The molecule has 1 aliphatic carbocycles. The number of carbonyl (C=O) groups is 2. The molecular formula is C24H26Cl3FN2O2. The van der Waals surface area contributed by atoms with Crippen molar-refractivity contribution in [1.82, 2.24) is 10.2 Å². The number of amides is 2. The first kappa shape index (κ1) is 24.8. The van der Waals surface area contributed by atoms with Crippen molar-refractivity contribution in [2.75, 3.05) is 0 Å². The molecule has 172 valence electrons. The minimum atomic E-state index is -0.749. The molecule has 1 saturated carbocycles. The Morgan fingerprint density at radius 1 is 1.03 bits per heavy atom. The van der Waals surface area contributed by atoms with E-state index in [1.165, 1.54) is 23.1 Å². The van der Waals surface area contributed by atoms with Gasteiger partial charge in [-0.1, -0.05) is 66.7 Å². The number of hydrogen-bond donors (Lipinski definition) is 1. The predicted octanol–water partition coefficient (Wildman–Crippen LogP) is 6.19. The van der Waals surface area contributed by atoms with Gasteiger partial charge in [-0.2, -0.15) is 0 Å². The molecule has 0 bridgehead atoms. The van der Waals surface area contributed by atoms with Crippen molar-refractivity contribution < 1.29 is 14.0 Å². The van der Waals surface area contributed by atoms with Gasteiger partial charge in [0.2, 0.25) is 11.8 Å². The molecule has 32 heavy (non-hydrogen) atoms. The van der Waals surface area contributed by atoms with Crippen LogP contribution in [0.15, 0.2) is 36.4 Å². The van der Waals surface area contributed by atoms with E-state index in [0.29, 0.717) is 22.0 Å².